The molecule has 33 heavy (non-hydrogen) atoms. The standard InChI is InChI=1S/C28H32N2O3/c1-3-22-11-13-23(14-12-22)20-30(18-8-17-29)28(31)25-15-16-26(27(19-25)32-4-2)33-21-24-9-6-5-7-10-24/h4-7,9-16,19H,2-3,8,17-18,20-21,29H2,1H3. The van der Waals surface area contributed by atoms with Gasteiger partial charge in [-0.05, 0) is 54.3 Å². The van der Waals surface area contributed by atoms with Crippen LogP contribution in [0.5, 0.6) is 11.5 Å². The number of benzene rings is 3. The number of hydrogen-bond acceptors (Lipinski definition) is 4. The van der Waals surface area contributed by atoms with Crippen LogP contribution in [-0.2, 0) is 19.6 Å². The van der Waals surface area contributed by atoms with Crippen LogP contribution in [0.3, 0.4) is 0 Å². The van der Waals surface area contributed by atoms with Gasteiger partial charge in [0.1, 0.15) is 6.61 Å². The molecule has 0 atom stereocenters. The van der Waals surface area contributed by atoms with E-state index < -0.39 is 0 Å². The maximum Gasteiger partial charge on any atom is 0.254 e. The van der Waals surface area contributed by atoms with Crippen LogP contribution in [-0.4, -0.2) is 23.9 Å². The van der Waals surface area contributed by atoms with E-state index in [-0.39, 0.29) is 5.91 Å². The lowest BCUT2D eigenvalue weighted by atomic mass is 10.1. The molecule has 5 heteroatoms. The Kier molecular flexibility index (Phi) is 9.09. The lowest BCUT2D eigenvalue weighted by molar-refractivity contribution is 0.0742. The average molecular weight is 445 g/mol. The number of ether oxygens (including phenoxy) is 2. The molecule has 0 saturated heterocycles. The molecule has 1 amide bonds. The molecule has 0 aliphatic carbocycles. The largest absolute Gasteiger partial charge is 0.485 e. The quantitative estimate of drug-likeness (QED) is 0.383. The summed E-state index contributed by atoms with van der Waals surface area (Å²) in [6.45, 7) is 7.80. The summed E-state index contributed by atoms with van der Waals surface area (Å²) in [5.41, 5.74) is 9.66. The summed E-state index contributed by atoms with van der Waals surface area (Å²) in [5.74, 6) is 0.934. The fourth-order valence-electron chi connectivity index (χ4n) is 3.50. The molecule has 5 nitrogen and oxygen atoms in total. The molecule has 3 aromatic rings. The van der Waals surface area contributed by atoms with Gasteiger partial charge in [-0.1, -0.05) is 68.1 Å². The molecule has 2 N–H and O–H groups in total. The van der Waals surface area contributed by atoms with Crippen LogP contribution < -0.4 is 15.2 Å². The van der Waals surface area contributed by atoms with Gasteiger partial charge in [-0.3, -0.25) is 4.79 Å². The number of nitrogens with zero attached hydrogens (tertiary/aromatic N) is 1. The predicted molar refractivity (Wildman–Crippen MR) is 132 cm³/mol. The van der Waals surface area contributed by atoms with Crippen molar-refractivity contribution in [3.8, 4) is 11.5 Å². The second-order valence-electron chi connectivity index (χ2n) is 7.76. The molecule has 0 heterocycles. The van der Waals surface area contributed by atoms with Crippen LogP contribution in [0.4, 0.5) is 0 Å². The Morgan fingerprint density at radius 3 is 2.36 bits per heavy atom. The van der Waals surface area contributed by atoms with E-state index in [9.17, 15) is 4.79 Å². The Bertz CT molecular complexity index is 1030. The van der Waals surface area contributed by atoms with Crippen LogP contribution in [0, 0.1) is 0 Å². The minimum Gasteiger partial charge on any atom is -0.485 e. The summed E-state index contributed by atoms with van der Waals surface area (Å²) in [5, 5.41) is 0. The van der Waals surface area contributed by atoms with Gasteiger partial charge in [-0.25, -0.2) is 0 Å². The number of carbonyl (C=O) groups is 1. The van der Waals surface area contributed by atoms with Gasteiger partial charge in [0.05, 0.1) is 6.26 Å². The Hall–Kier alpha value is -3.57. The normalized spacial score (nSPS) is 10.5. The summed E-state index contributed by atoms with van der Waals surface area (Å²) in [7, 11) is 0. The Morgan fingerprint density at radius 2 is 1.70 bits per heavy atom. The summed E-state index contributed by atoms with van der Waals surface area (Å²) in [6, 6.07) is 23.5. The SMILES string of the molecule is C=COc1cc(C(=O)N(CCCN)Cc2ccc(CC)cc2)ccc1OCc1ccccc1. The van der Waals surface area contributed by atoms with Crippen molar-refractivity contribution in [2.24, 2.45) is 5.73 Å². The number of rotatable bonds is 12. The fraction of sp³-hybridized carbons (Fsp3) is 0.250. The predicted octanol–water partition coefficient (Wildman–Crippen LogP) is 5.34. The highest BCUT2D eigenvalue weighted by molar-refractivity contribution is 5.95. The Balaban J connectivity index is 1.78. The van der Waals surface area contributed by atoms with E-state index in [0.717, 1.165) is 24.0 Å². The number of carbonyl (C=O) groups excluding carboxylic acids is 1. The van der Waals surface area contributed by atoms with Crippen molar-refractivity contribution in [2.75, 3.05) is 13.1 Å². The van der Waals surface area contributed by atoms with E-state index in [1.807, 2.05) is 35.2 Å². The summed E-state index contributed by atoms with van der Waals surface area (Å²) < 4.78 is 11.5. The van der Waals surface area contributed by atoms with Crippen molar-refractivity contribution in [3.05, 3.63) is 108 Å². The molecule has 3 rings (SSSR count). The number of amides is 1. The first-order chi connectivity index (χ1) is 16.1. The third-order valence-corrected chi connectivity index (χ3v) is 5.36. The highest BCUT2D eigenvalue weighted by Crippen LogP contribution is 2.30. The first kappa shape index (κ1) is 24.1. The van der Waals surface area contributed by atoms with Crippen molar-refractivity contribution in [1.29, 1.82) is 0 Å². The number of hydrogen-bond donors (Lipinski definition) is 1. The van der Waals surface area contributed by atoms with Crippen molar-refractivity contribution in [2.45, 2.75) is 32.9 Å². The van der Waals surface area contributed by atoms with Gasteiger partial charge < -0.3 is 20.1 Å². The Labute approximate surface area is 196 Å². The maximum absolute atomic E-state index is 13.4. The van der Waals surface area contributed by atoms with Crippen LogP contribution in [0.1, 0.15) is 40.4 Å². The molecule has 0 fully saturated rings. The van der Waals surface area contributed by atoms with Crippen molar-refractivity contribution >= 4 is 5.91 Å². The molecule has 0 aliphatic heterocycles. The molecular weight excluding hydrogens is 412 g/mol. The van der Waals surface area contributed by atoms with Gasteiger partial charge in [0.15, 0.2) is 11.5 Å². The summed E-state index contributed by atoms with van der Waals surface area (Å²) in [4.78, 5) is 15.2. The van der Waals surface area contributed by atoms with E-state index in [1.165, 1.54) is 11.8 Å². The fourth-order valence-corrected chi connectivity index (χ4v) is 3.50. The van der Waals surface area contributed by atoms with E-state index in [0.29, 0.717) is 43.3 Å². The zero-order valence-corrected chi connectivity index (χ0v) is 19.2. The van der Waals surface area contributed by atoms with Crippen LogP contribution in [0.2, 0.25) is 0 Å². The molecule has 0 radical (unpaired) electrons. The minimum atomic E-state index is -0.0773. The summed E-state index contributed by atoms with van der Waals surface area (Å²) in [6.07, 6.45) is 3.05. The average Bonchev–Trinajstić information content (AvgIpc) is 2.86. The van der Waals surface area contributed by atoms with Gasteiger partial charge in [0, 0.05) is 18.7 Å². The van der Waals surface area contributed by atoms with Crippen molar-refractivity contribution < 1.29 is 14.3 Å². The van der Waals surface area contributed by atoms with Crippen LogP contribution >= 0.6 is 0 Å². The van der Waals surface area contributed by atoms with Gasteiger partial charge in [0.2, 0.25) is 0 Å². The first-order valence-electron chi connectivity index (χ1n) is 11.3. The van der Waals surface area contributed by atoms with E-state index in [4.69, 9.17) is 15.2 Å². The molecule has 172 valence electrons. The number of nitrogens with two attached hydrogens (primary N) is 1. The maximum atomic E-state index is 13.4. The summed E-state index contributed by atoms with van der Waals surface area (Å²) >= 11 is 0. The minimum absolute atomic E-state index is 0.0773. The van der Waals surface area contributed by atoms with E-state index in [1.54, 1.807) is 18.2 Å². The molecule has 0 saturated carbocycles. The van der Waals surface area contributed by atoms with Crippen LogP contribution in [0.25, 0.3) is 0 Å². The molecule has 0 spiro atoms. The zero-order chi connectivity index (χ0) is 23.5. The molecule has 0 bridgehead atoms. The molecular formula is C28H32N2O3. The number of aryl methyl sites for hydroxylation is 1. The van der Waals surface area contributed by atoms with Gasteiger partial charge in [-0.15, -0.1) is 0 Å². The smallest absolute Gasteiger partial charge is 0.254 e. The Morgan fingerprint density at radius 1 is 0.970 bits per heavy atom. The monoisotopic (exact) mass is 444 g/mol. The molecule has 0 unspecified atom stereocenters. The third kappa shape index (κ3) is 6.96. The highest BCUT2D eigenvalue weighted by atomic mass is 16.5. The van der Waals surface area contributed by atoms with E-state index >= 15 is 0 Å². The lowest BCUT2D eigenvalue weighted by Gasteiger charge is -2.23. The van der Waals surface area contributed by atoms with Gasteiger partial charge >= 0.3 is 0 Å². The molecule has 0 aliphatic rings. The molecule has 3 aromatic carbocycles. The third-order valence-electron chi connectivity index (χ3n) is 5.36. The van der Waals surface area contributed by atoms with Crippen molar-refractivity contribution in [1.82, 2.24) is 4.90 Å². The second kappa shape index (κ2) is 12.5. The van der Waals surface area contributed by atoms with Gasteiger partial charge in [-0.2, -0.15) is 0 Å². The van der Waals surface area contributed by atoms with Crippen molar-refractivity contribution in [3.63, 3.8) is 0 Å². The first-order valence-corrected chi connectivity index (χ1v) is 11.3. The second-order valence-corrected chi connectivity index (χ2v) is 7.76. The highest BCUT2D eigenvalue weighted by Gasteiger charge is 2.18. The lowest BCUT2D eigenvalue weighted by Crippen LogP contribution is -2.32. The topological polar surface area (TPSA) is 64.8 Å². The van der Waals surface area contributed by atoms with Gasteiger partial charge in [0.25, 0.3) is 5.91 Å². The zero-order valence-electron chi connectivity index (χ0n) is 19.2. The van der Waals surface area contributed by atoms with E-state index in [2.05, 4.69) is 37.8 Å². The molecule has 0 aromatic heterocycles. The van der Waals surface area contributed by atoms with Crippen LogP contribution in [0.15, 0.2) is 85.6 Å².